The van der Waals surface area contributed by atoms with E-state index in [0.717, 1.165) is 11.1 Å². The maximum Gasteiger partial charge on any atom is 0.212 e. The Kier molecular flexibility index (Phi) is 3.29. The maximum absolute atomic E-state index is 4.94. The maximum atomic E-state index is 4.94. The molecule has 0 aliphatic carbocycles. The van der Waals surface area contributed by atoms with Crippen LogP contribution in [0.25, 0.3) is 5.57 Å². The molecule has 2 nitrogen and oxygen atoms in total. The van der Waals surface area contributed by atoms with E-state index >= 15 is 0 Å². The monoisotopic (exact) mass is 227 g/mol. The average molecular weight is 228 g/mol. The van der Waals surface area contributed by atoms with Gasteiger partial charge < -0.3 is 4.74 Å². The number of halogens is 1. The SMILES string of the molecule is COc1ccc(/C(C)=C/Br)cn1. The highest BCUT2D eigenvalue weighted by molar-refractivity contribution is 9.11. The van der Waals surface area contributed by atoms with Gasteiger partial charge in [0, 0.05) is 12.3 Å². The van der Waals surface area contributed by atoms with E-state index in [-0.39, 0.29) is 0 Å². The van der Waals surface area contributed by atoms with E-state index in [1.807, 2.05) is 24.0 Å². The van der Waals surface area contributed by atoms with E-state index in [0.29, 0.717) is 5.88 Å². The van der Waals surface area contributed by atoms with Crippen LogP contribution in [0, 0.1) is 0 Å². The highest BCUT2D eigenvalue weighted by Gasteiger charge is 1.95. The first-order chi connectivity index (χ1) is 5.77. The Hall–Kier alpha value is -0.830. The number of aromatic nitrogens is 1. The van der Waals surface area contributed by atoms with E-state index in [1.54, 1.807) is 13.3 Å². The molecule has 0 amide bonds. The molecule has 0 spiro atoms. The van der Waals surface area contributed by atoms with Gasteiger partial charge in [-0.05, 0) is 29.1 Å². The molecule has 1 aromatic rings. The van der Waals surface area contributed by atoms with Crippen molar-refractivity contribution in [1.29, 1.82) is 0 Å². The van der Waals surface area contributed by atoms with Crippen molar-refractivity contribution in [2.75, 3.05) is 7.11 Å². The standard InChI is InChI=1S/C9H10BrNO/c1-7(5-10)8-3-4-9(12-2)11-6-8/h3-6H,1-2H3/b7-5+. The number of nitrogens with zero attached hydrogens (tertiary/aromatic N) is 1. The van der Waals surface area contributed by atoms with Crippen molar-refractivity contribution in [2.24, 2.45) is 0 Å². The van der Waals surface area contributed by atoms with E-state index in [1.165, 1.54) is 0 Å². The van der Waals surface area contributed by atoms with Crippen LogP contribution >= 0.6 is 15.9 Å². The number of pyridine rings is 1. The molecule has 0 bridgehead atoms. The lowest BCUT2D eigenvalue weighted by Gasteiger charge is -2.00. The van der Waals surface area contributed by atoms with Gasteiger partial charge >= 0.3 is 0 Å². The molecule has 3 heteroatoms. The zero-order valence-electron chi connectivity index (χ0n) is 7.04. The van der Waals surface area contributed by atoms with Gasteiger partial charge in [-0.15, -0.1) is 0 Å². The molecule has 0 radical (unpaired) electrons. The van der Waals surface area contributed by atoms with E-state index in [2.05, 4.69) is 20.9 Å². The lowest BCUT2D eigenvalue weighted by atomic mass is 10.2. The first-order valence-corrected chi connectivity index (χ1v) is 4.47. The summed E-state index contributed by atoms with van der Waals surface area (Å²) in [6.07, 6.45) is 1.78. The minimum absolute atomic E-state index is 0.640. The predicted octanol–water partition coefficient (Wildman–Crippen LogP) is 2.85. The zero-order chi connectivity index (χ0) is 8.97. The van der Waals surface area contributed by atoms with Gasteiger partial charge in [0.05, 0.1) is 7.11 Å². The summed E-state index contributed by atoms with van der Waals surface area (Å²) in [6.45, 7) is 2.01. The normalized spacial score (nSPS) is 11.4. The van der Waals surface area contributed by atoms with Crippen LogP contribution in [0.5, 0.6) is 5.88 Å². The molecule has 1 rings (SSSR count). The third kappa shape index (κ3) is 2.08. The number of rotatable bonds is 2. The van der Waals surface area contributed by atoms with Crippen molar-refractivity contribution in [3.8, 4) is 5.88 Å². The van der Waals surface area contributed by atoms with Crippen molar-refractivity contribution in [3.63, 3.8) is 0 Å². The van der Waals surface area contributed by atoms with Gasteiger partial charge in [0.2, 0.25) is 5.88 Å². The minimum atomic E-state index is 0.640. The highest BCUT2D eigenvalue weighted by Crippen LogP contribution is 2.16. The van der Waals surface area contributed by atoms with E-state index in [9.17, 15) is 0 Å². The van der Waals surface area contributed by atoms with Crippen LogP contribution in [0.4, 0.5) is 0 Å². The molecule has 1 aromatic heterocycles. The van der Waals surface area contributed by atoms with Gasteiger partial charge in [-0.1, -0.05) is 15.9 Å². The fourth-order valence-corrected chi connectivity index (χ4v) is 1.06. The fourth-order valence-electron chi connectivity index (χ4n) is 0.797. The van der Waals surface area contributed by atoms with Gasteiger partial charge in [0.25, 0.3) is 0 Å². The molecule has 0 N–H and O–H groups in total. The molecule has 0 atom stereocenters. The summed E-state index contributed by atoms with van der Waals surface area (Å²) in [4.78, 5) is 5.95. The van der Waals surface area contributed by atoms with Crippen LogP contribution in [-0.2, 0) is 0 Å². The van der Waals surface area contributed by atoms with E-state index in [4.69, 9.17) is 4.74 Å². The van der Waals surface area contributed by atoms with Crippen LogP contribution in [0.2, 0.25) is 0 Å². The van der Waals surface area contributed by atoms with Crippen LogP contribution in [0.15, 0.2) is 23.3 Å². The Morgan fingerprint density at radius 1 is 1.58 bits per heavy atom. The molecule has 0 aliphatic rings. The Morgan fingerprint density at radius 2 is 2.33 bits per heavy atom. The van der Waals surface area contributed by atoms with Gasteiger partial charge in [-0.2, -0.15) is 0 Å². The van der Waals surface area contributed by atoms with Crippen molar-refractivity contribution < 1.29 is 4.74 Å². The number of ether oxygens (including phenoxy) is 1. The smallest absolute Gasteiger partial charge is 0.212 e. The topological polar surface area (TPSA) is 22.1 Å². The lowest BCUT2D eigenvalue weighted by molar-refractivity contribution is 0.398. The number of hydrogen-bond donors (Lipinski definition) is 0. The van der Waals surface area contributed by atoms with Gasteiger partial charge in [0.15, 0.2) is 0 Å². The molecular weight excluding hydrogens is 218 g/mol. The van der Waals surface area contributed by atoms with Gasteiger partial charge in [-0.25, -0.2) is 4.98 Å². The van der Waals surface area contributed by atoms with Crippen molar-refractivity contribution in [3.05, 3.63) is 28.9 Å². The van der Waals surface area contributed by atoms with Crippen LogP contribution in [-0.4, -0.2) is 12.1 Å². The minimum Gasteiger partial charge on any atom is -0.481 e. The van der Waals surface area contributed by atoms with Crippen LogP contribution in [0.1, 0.15) is 12.5 Å². The Bertz CT molecular complexity index is 279. The second kappa shape index (κ2) is 4.26. The Labute approximate surface area is 80.4 Å². The Balaban J connectivity index is 2.92. The largest absolute Gasteiger partial charge is 0.481 e. The Morgan fingerprint density at radius 3 is 2.75 bits per heavy atom. The van der Waals surface area contributed by atoms with Crippen LogP contribution < -0.4 is 4.74 Å². The molecule has 0 aromatic carbocycles. The molecule has 0 unspecified atom stereocenters. The predicted molar refractivity (Wildman–Crippen MR) is 53.4 cm³/mol. The number of allylic oxidation sites excluding steroid dienone is 1. The molecule has 0 aliphatic heterocycles. The molecule has 12 heavy (non-hydrogen) atoms. The summed E-state index contributed by atoms with van der Waals surface area (Å²) in [5.74, 6) is 0.640. The number of methoxy groups -OCH3 is 1. The second-order valence-electron chi connectivity index (χ2n) is 2.38. The average Bonchev–Trinajstić information content (AvgIpc) is 2.17. The third-order valence-corrected chi connectivity index (χ3v) is 2.25. The first kappa shape index (κ1) is 9.26. The first-order valence-electron chi connectivity index (χ1n) is 3.55. The quantitative estimate of drug-likeness (QED) is 0.776. The highest BCUT2D eigenvalue weighted by atomic mass is 79.9. The summed E-state index contributed by atoms with van der Waals surface area (Å²) >= 11 is 3.27. The molecule has 0 saturated heterocycles. The molecular formula is C9H10BrNO. The van der Waals surface area contributed by atoms with E-state index < -0.39 is 0 Å². The van der Waals surface area contributed by atoms with Crippen molar-refractivity contribution in [2.45, 2.75) is 6.92 Å². The van der Waals surface area contributed by atoms with Crippen molar-refractivity contribution >= 4 is 21.5 Å². The molecule has 0 fully saturated rings. The summed E-state index contributed by atoms with van der Waals surface area (Å²) < 4.78 is 4.94. The fraction of sp³-hybridized carbons (Fsp3) is 0.222. The van der Waals surface area contributed by atoms with Crippen LogP contribution in [0.3, 0.4) is 0 Å². The second-order valence-corrected chi connectivity index (χ2v) is 2.84. The summed E-state index contributed by atoms with van der Waals surface area (Å²) in [7, 11) is 1.61. The van der Waals surface area contributed by atoms with Crippen molar-refractivity contribution in [1.82, 2.24) is 4.98 Å². The van der Waals surface area contributed by atoms with Gasteiger partial charge in [-0.3, -0.25) is 0 Å². The lowest BCUT2D eigenvalue weighted by Crippen LogP contribution is -1.87. The zero-order valence-corrected chi connectivity index (χ0v) is 8.63. The summed E-state index contributed by atoms with van der Waals surface area (Å²) in [5.41, 5.74) is 2.23. The third-order valence-electron chi connectivity index (χ3n) is 1.56. The summed E-state index contributed by atoms with van der Waals surface area (Å²) in [6, 6.07) is 3.81. The molecule has 1 heterocycles. The number of hydrogen-bond acceptors (Lipinski definition) is 2. The summed E-state index contributed by atoms with van der Waals surface area (Å²) in [5, 5.41) is 0. The molecule has 0 saturated carbocycles. The van der Waals surface area contributed by atoms with Gasteiger partial charge in [0.1, 0.15) is 0 Å². The molecule has 64 valence electrons.